The highest BCUT2D eigenvalue weighted by Gasteiger charge is 2.23. The van der Waals surface area contributed by atoms with E-state index in [0.717, 1.165) is 21.5 Å². The lowest BCUT2D eigenvalue weighted by molar-refractivity contribution is 0.669. The first kappa shape index (κ1) is 23.9. The molecule has 0 amide bonds. The van der Waals surface area contributed by atoms with Gasteiger partial charge in [0.25, 0.3) is 0 Å². The summed E-state index contributed by atoms with van der Waals surface area (Å²) in [6, 6.07) is 34.2. The molecule has 12 rings (SSSR count). The summed E-state index contributed by atoms with van der Waals surface area (Å²) in [6.45, 7) is 0. The van der Waals surface area contributed by atoms with Crippen LogP contribution in [0, 0.1) is 0 Å². The summed E-state index contributed by atoms with van der Waals surface area (Å²) in [5.41, 5.74) is 3.07. The Morgan fingerprint density at radius 1 is 0.400 bits per heavy atom. The number of hydrogen-bond acceptors (Lipinski definition) is 4. The van der Waals surface area contributed by atoms with E-state index < -0.39 is 83.6 Å². The first-order valence-corrected chi connectivity index (χ1v) is 19.2. The zero-order chi connectivity index (χ0) is 50.0. The molecule has 60 heavy (non-hydrogen) atoms. The van der Waals surface area contributed by atoms with E-state index in [1.807, 2.05) is 127 Å². The molecule has 9 aromatic carbocycles. The number of benzene rings is 9. The molecule has 0 saturated carbocycles. The maximum absolute atomic E-state index is 9.88. The highest BCUT2D eigenvalue weighted by Crippen LogP contribution is 2.43. The molecule has 0 radical (unpaired) electrons. The number of para-hydroxylation sites is 3. The van der Waals surface area contributed by atoms with Crippen LogP contribution in [0.3, 0.4) is 0 Å². The highest BCUT2D eigenvalue weighted by molar-refractivity contribution is 6.12. The van der Waals surface area contributed by atoms with Gasteiger partial charge in [-0.1, -0.05) is 158 Å². The van der Waals surface area contributed by atoms with Gasteiger partial charge in [-0.15, -0.1) is 0 Å². The molecule has 280 valence electrons. The first-order chi connectivity index (χ1) is 34.7. The van der Waals surface area contributed by atoms with Crippen LogP contribution >= 0.6 is 0 Å². The number of rotatable bonds is 6. The largest absolute Gasteiger partial charge is 0.456 e. The van der Waals surface area contributed by atoms with E-state index in [4.69, 9.17) is 29.0 Å². The van der Waals surface area contributed by atoms with Crippen molar-refractivity contribution in [1.29, 1.82) is 0 Å². The number of hydrogen-bond donors (Lipinski definition) is 0. The van der Waals surface area contributed by atoms with E-state index in [9.17, 15) is 6.85 Å². The first-order valence-electron chi connectivity index (χ1n) is 25.2. The molecule has 5 heteroatoms. The molecule has 0 unspecified atom stereocenters. The Labute approximate surface area is 362 Å². The molecule has 5 nitrogen and oxygen atoms in total. The fourth-order valence-electron chi connectivity index (χ4n) is 8.00. The predicted octanol–water partition coefficient (Wildman–Crippen LogP) is 14.4. The summed E-state index contributed by atoms with van der Waals surface area (Å²) in [5, 5.41) is 3.31. The molecule has 0 aliphatic heterocycles. The van der Waals surface area contributed by atoms with Crippen molar-refractivity contribution in [2.45, 2.75) is 0 Å². The van der Waals surface area contributed by atoms with Crippen molar-refractivity contribution in [3.05, 3.63) is 206 Å². The summed E-state index contributed by atoms with van der Waals surface area (Å²) in [5.74, 6) is 0.716. The van der Waals surface area contributed by atoms with E-state index in [1.165, 1.54) is 4.57 Å². The third-order valence-electron chi connectivity index (χ3n) is 10.8. The third kappa shape index (κ3) is 5.59. The number of furan rings is 1. The predicted molar refractivity (Wildman–Crippen MR) is 246 cm³/mol. The Morgan fingerprint density at radius 2 is 1.10 bits per heavy atom. The zero-order valence-electron chi connectivity index (χ0n) is 43.4. The van der Waals surface area contributed by atoms with Crippen LogP contribution in [0.25, 0.3) is 117 Å². The fourth-order valence-corrected chi connectivity index (χ4v) is 8.00. The van der Waals surface area contributed by atoms with Crippen molar-refractivity contribution in [2.24, 2.45) is 0 Å². The van der Waals surface area contributed by atoms with Crippen molar-refractivity contribution < 1.29 is 20.9 Å². The minimum Gasteiger partial charge on any atom is -0.456 e. The van der Waals surface area contributed by atoms with Gasteiger partial charge in [-0.25, -0.2) is 15.0 Å². The number of aromatic nitrogens is 4. The molecule has 0 aliphatic rings. The third-order valence-corrected chi connectivity index (χ3v) is 10.8. The van der Waals surface area contributed by atoms with Crippen LogP contribution in [0.5, 0.6) is 0 Å². The molecule has 0 atom stereocenters. The van der Waals surface area contributed by atoms with Crippen molar-refractivity contribution >= 4 is 54.5 Å². The lowest BCUT2D eigenvalue weighted by Crippen LogP contribution is -2.05. The van der Waals surface area contributed by atoms with E-state index in [0.29, 0.717) is 44.8 Å². The Bertz CT molecular complexity index is 4300. The van der Waals surface area contributed by atoms with Gasteiger partial charge in [-0.2, -0.15) is 0 Å². The molecule has 0 aliphatic carbocycles. The van der Waals surface area contributed by atoms with Crippen LogP contribution in [-0.4, -0.2) is 19.5 Å². The SMILES string of the molecule is [2H]c1c([2H])c([2H])c(-c2c([2H])c([2H])c3c(c2[2H])c2c([2H])c([2H])c([2H])c([2H])c2n3-c2c(-c3ccc4ccccc4c3)cccc2-c2nc(-c3ccccc3)nc(-c3ccc4c(c3)oc3ccccc34)n2)c([2H])c1[2H]. The van der Waals surface area contributed by atoms with Gasteiger partial charge >= 0.3 is 0 Å². The molecule has 0 bridgehead atoms. The number of fused-ring (bicyclic) bond motifs is 7. The molecule has 0 spiro atoms. The smallest absolute Gasteiger partial charge is 0.166 e. The Kier molecular flexibility index (Phi) is 5.49. The Morgan fingerprint density at radius 3 is 2.00 bits per heavy atom. The highest BCUT2D eigenvalue weighted by atomic mass is 16.3. The molecule has 0 fully saturated rings. The van der Waals surface area contributed by atoms with Crippen molar-refractivity contribution in [1.82, 2.24) is 19.5 Å². The molecule has 3 aromatic heterocycles. The number of nitrogens with zero attached hydrogens (tertiary/aromatic N) is 4. The lowest BCUT2D eigenvalue weighted by atomic mass is 9.96. The normalized spacial score (nSPS) is 14.5. The topological polar surface area (TPSA) is 56.7 Å². The molecule has 12 aromatic rings. The standard InChI is InChI=1S/C55H34N4O/c1-3-14-35(15-4-1)39-29-31-49-47(33-39)43-20-9-11-24-48(43)59(49)52-42(40-27-26-36-16-7-8-19-38(36)32-40)22-13-23-46(52)55-57-53(37-17-5-2-6-18-37)56-54(58-55)41-28-30-45-44-21-10-12-25-50(44)60-51(45)34-41/h1-34H/i1D,3D,4D,9D,11D,14D,15D,20D,24D,29D,31D,33D. The molecule has 0 saturated heterocycles. The monoisotopic (exact) mass is 778 g/mol. The average molecular weight is 779 g/mol. The lowest BCUT2D eigenvalue weighted by Gasteiger charge is -2.19. The molecular weight excluding hydrogens is 733 g/mol. The van der Waals surface area contributed by atoms with E-state index in [2.05, 4.69) is 0 Å². The van der Waals surface area contributed by atoms with E-state index in [1.54, 1.807) is 6.07 Å². The van der Waals surface area contributed by atoms with E-state index >= 15 is 0 Å². The quantitative estimate of drug-likeness (QED) is 0.169. The molecule has 3 heterocycles. The minimum absolute atomic E-state index is 0.136. The average Bonchev–Trinajstić information content (AvgIpc) is 3.97. The van der Waals surface area contributed by atoms with Crippen molar-refractivity contribution in [2.75, 3.05) is 0 Å². The summed E-state index contributed by atoms with van der Waals surface area (Å²) in [7, 11) is 0. The van der Waals surface area contributed by atoms with Gasteiger partial charge in [0.1, 0.15) is 11.2 Å². The second-order valence-corrected chi connectivity index (χ2v) is 14.3. The van der Waals surface area contributed by atoms with Crippen molar-refractivity contribution in [3.63, 3.8) is 0 Å². The van der Waals surface area contributed by atoms with Crippen LogP contribution < -0.4 is 0 Å². The minimum atomic E-state index is -0.709. The van der Waals surface area contributed by atoms with Crippen LogP contribution in [0.2, 0.25) is 0 Å². The summed E-state index contributed by atoms with van der Waals surface area (Å²) in [6.07, 6.45) is 0. The van der Waals surface area contributed by atoms with Crippen molar-refractivity contribution in [3.8, 4) is 62.1 Å². The van der Waals surface area contributed by atoms with Crippen LogP contribution in [-0.2, 0) is 0 Å². The van der Waals surface area contributed by atoms with Crippen LogP contribution in [0.15, 0.2) is 210 Å². The van der Waals surface area contributed by atoms with E-state index in [-0.39, 0.29) is 39.1 Å². The summed E-state index contributed by atoms with van der Waals surface area (Å²) in [4.78, 5) is 15.3. The van der Waals surface area contributed by atoms with Gasteiger partial charge in [0, 0.05) is 43.8 Å². The summed E-state index contributed by atoms with van der Waals surface area (Å²) < 4.78 is 117. The van der Waals surface area contributed by atoms with Gasteiger partial charge in [0.15, 0.2) is 17.5 Å². The summed E-state index contributed by atoms with van der Waals surface area (Å²) >= 11 is 0. The molecule has 0 N–H and O–H groups in total. The van der Waals surface area contributed by atoms with Crippen LogP contribution in [0.4, 0.5) is 0 Å². The zero-order valence-corrected chi connectivity index (χ0v) is 31.4. The second kappa shape index (κ2) is 13.8. The van der Waals surface area contributed by atoms with Gasteiger partial charge < -0.3 is 8.98 Å². The molecular formula is C55H34N4O. The van der Waals surface area contributed by atoms with Gasteiger partial charge in [0.05, 0.1) is 33.2 Å². The maximum atomic E-state index is 9.88. The van der Waals surface area contributed by atoms with Gasteiger partial charge in [0.2, 0.25) is 0 Å². The Hall–Kier alpha value is -8.15. The van der Waals surface area contributed by atoms with Gasteiger partial charge in [-0.3, -0.25) is 0 Å². The van der Waals surface area contributed by atoms with Crippen LogP contribution in [0.1, 0.15) is 16.4 Å². The Balaban J connectivity index is 1.24. The maximum Gasteiger partial charge on any atom is 0.166 e. The fraction of sp³-hybridized carbons (Fsp3) is 0. The van der Waals surface area contributed by atoms with Gasteiger partial charge in [-0.05, 0) is 75.9 Å². The second-order valence-electron chi connectivity index (χ2n) is 14.3.